The second-order valence-corrected chi connectivity index (χ2v) is 9.19. The molecule has 0 saturated carbocycles. The van der Waals surface area contributed by atoms with E-state index in [0.29, 0.717) is 39.5 Å². The van der Waals surface area contributed by atoms with Crippen LogP contribution in [0.15, 0.2) is 60.2 Å². The van der Waals surface area contributed by atoms with E-state index >= 15 is 0 Å². The molecule has 38 heavy (non-hydrogen) atoms. The summed E-state index contributed by atoms with van der Waals surface area (Å²) in [5, 5.41) is 3.41. The molecule has 1 N–H and O–H groups in total. The first kappa shape index (κ1) is 27.3. The lowest BCUT2D eigenvalue weighted by atomic mass is 10.1. The van der Waals surface area contributed by atoms with Crippen LogP contribution in [0.3, 0.4) is 0 Å². The molecular weight excluding hydrogens is 555 g/mol. The van der Waals surface area contributed by atoms with Crippen LogP contribution in [0.2, 0.25) is 15.1 Å². The number of hydrogen-bond acceptors (Lipinski definition) is 6. The monoisotopic (exact) mass is 574 g/mol. The summed E-state index contributed by atoms with van der Waals surface area (Å²) in [6.07, 6.45) is 1.33. The smallest absolute Gasteiger partial charge is 0.335 e. The Morgan fingerprint density at radius 2 is 1.66 bits per heavy atom. The standard InChI is InChI=1S/C27H21Cl3N2O6/c1-3-37-23-12-15(11-22(30)24(23)36-2)10-20-25(33)31-27(35)32(26(20)34)18-6-8-19(9-7-18)38-14-16-4-5-17(28)13-21(16)29/h4-13H,3,14H2,1-2H3,(H,31,33,35)/b20-10+. The number of hydrogen-bond donors (Lipinski definition) is 1. The molecule has 1 heterocycles. The highest BCUT2D eigenvalue weighted by atomic mass is 35.5. The molecule has 1 fully saturated rings. The molecule has 1 saturated heterocycles. The SMILES string of the molecule is CCOc1cc(/C=C2\C(=O)NC(=O)N(c3ccc(OCc4ccc(Cl)cc4Cl)cc3)C2=O)cc(Cl)c1OC. The van der Waals surface area contributed by atoms with Gasteiger partial charge in [0.15, 0.2) is 11.5 Å². The van der Waals surface area contributed by atoms with Gasteiger partial charge in [0, 0.05) is 15.6 Å². The van der Waals surface area contributed by atoms with Gasteiger partial charge in [-0.1, -0.05) is 40.9 Å². The van der Waals surface area contributed by atoms with Crippen molar-refractivity contribution in [1.82, 2.24) is 5.32 Å². The minimum Gasteiger partial charge on any atom is -0.491 e. The predicted octanol–water partition coefficient (Wildman–Crippen LogP) is 6.30. The number of carbonyl (C=O) groups is 3. The first-order chi connectivity index (χ1) is 18.2. The van der Waals surface area contributed by atoms with Gasteiger partial charge < -0.3 is 14.2 Å². The molecule has 8 nitrogen and oxygen atoms in total. The summed E-state index contributed by atoms with van der Waals surface area (Å²) in [5.74, 6) is -0.479. The number of imide groups is 2. The zero-order chi connectivity index (χ0) is 27.4. The van der Waals surface area contributed by atoms with E-state index in [1.165, 1.54) is 31.4 Å². The normalized spacial score (nSPS) is 14.5. The van der Waals surface area contributed by atoms with Crippen molar-refractivity contribution in [3.8, 4) is 17.2 Å². The summed E-state index contributed by atoms with van der Waals surface area (Å²) in [5.41, 5.74) is 1.14. The number of urea groups is 1. The van der Waals surface area contributed by atoms with Crippen LogP contribution >= 0.6 is 34.8 Å². The largest absolute Gasteiger partial charge is 0.491 e. The van der Waals surface area contributed by atoms with Crippen LogP contribution < -0.4 is 24.4 Å². The van der Waals surface area contributed by atoms with Gasteiger partial charge in [0.25, 0.3) is 11.8 Å². The molecule has 4 amide bonds. The lowest BCUT2D eigenvalue weighted by Crippen LogP contribution is -2.54. The lowest BCUT2D eigenvalue weighted by Gasteiger charge is -2.26. The maximum Gasteiger partial charge on any atom is 0.335 e. The van der Waals surface area contributed by atoms with E-state index < -0.39 is 17.8 Å². The first-order valence-electron chi connectivity index (χ1n) is 11.3. The number of methoxy groups -OCH3 is 1. The second-order valence-electron chi connectivity index (χ2n) is 7.94. The average molecular weight is 576 g/mol. The van der Waals surface area contributed by atoms with E-state index in [2.05, 4.69) is 5.32 Å². The third-order valence-corrected chi connectivity index (χ3v) is 6.32. The highest BCUT2D eigenvalue weighted by molar-refractivity contribution is 6.39. The fourth-order valence-corrected chi connectivity index (χ4v) is 4.44. The summed E-state index contributed by atoms with van der Waals surface area (Å²) < 4.78 is 16.6. The number of barbiturate groups is 1. The number of nitrogens with zero attached hydrogens (tertiary/aromatic N) is 1. The quantitative estimate of drug-likeness (QED) is 0.250. The van der Waals surface area contributed by atoms with Crippen molar-refractivity contribution in [2.75, 3.05) is 18.6 Å². The highest BCUT2D eigenvalue weighted by Crippen LogP contribution is 2.37. The number of rotatable bonds is 8. The Kier molecular flexibility index (Phi) is 8.46. The summed E-state index contributed by atoms with van der Waals surface area (Å²) in [7, 11) is 1.45. The van der Waals surface area contributed by atoms with Crippen LogP contribution in [0, 0.1) is 0 Å². The van der Waals surface area contributed by atoms with E-state index in [1.54, 1.807) is 43.3 Å². The maximum absolute atomic E-state index is 13.3. The molecule has 4 rings (SSSR count). The van der Waals surface area contributed by atoms with E-state index in [4.69, 9.17) is 49.0 Å². The first-order valence-corrected chi connectivity index (χ1v) is 12.4. The van der Waals surface area contributed by atoms with Gasteiger partial charge in [-0.25, -0.2) is 9.69 Å². The number of halogens is 3. The topological polar surface area (TPSA) is 94.2 Å². The predicted molar refractivity (Wildman–Crippen MR) is 145 cm³/mol. The molecule has 1 aliphatic heterocycles. The van der Waals surface area contributed by atoms with Crippen molar-refractivity contribution >= 4 is 64.4 Å². The molecule has 0 aromatic heterocycles. The number of anilines is 1. The van der Waals surface area contributed by atoms with Crippen LogP contribution in [0.1, 0.15) is 18.1 Å². The van der Waals surface area contributed by atoms with Crippen molar-refractivity contribution in [2.45, 2.75) is 13.5 Å². The van der Waals surface area contributed by atoms with E-state index in [0.717, 1.165) is 10.5 Å². The molecule has 0 bridgehead atoms. The molecule has 1 aliphatic rings. The molecule has 0 aliphatic carbocycles. The van der Waals surface area contributed by atoms with Crippen molar-refractivity contribution in [3.05, 3.63) is 86.4 Å². The van der Waals surface area contributed by atoms with Gasteiger partial charge in [-0.3, -0.25) is 14.9 Å². The van der Waals surface area contributed by atoms with Crippen LogP contribution in [0.25, 0.3) is 6.08 Å². The van der Waals surface area contributed by atoms with Gasteiger partial charge in [0.05, 0.1) is 24.4 Å². The molecule has 11 heteroatoms. The van der Waals surface area contributed by atoms with Crippen LogP contribution in [0.4, 0.5) is 10.5 Å². The number of nitrogens with one attached hydrogen (secondary N) is 1. The Morgan fingerprint density at radius 1 is 0.921 bits per heavy atom. The van der Waals surface area contributed by atoms with E-state index in [9.17, 15) is 14.4 Å². The van der Waals surface area contributed by atoms with Gasteiger partial charge in [0.2, 0.25) is 0 Å². The zero-order valence-corrected chi connectivity index (χ0v) is 22.5. The Morgan fingerprint density at radius 3 is 2.32 bits per heavy atom. The Balaban J connectivity index is 1.56. The zero-order valence-electron chi connectivity index (χ0n) is 20.2. The average Bonchev–Trinajstić information content (AvgIpc) is 2.87. The summed E-state index contributed by atoms with van der Waals surface area (Å²) in [4.78, 5) is 39.3. The molecular formula is C27H21Cl3N2O6. The highest BCUT2D eigenvalue weighted by Gasteiger charge is 2.37. The number of ether oxygens (including phenoxy) is 3. The van der Waals surface area contributed by atoms with Crippen molar-refractivity contribution < 1.29 is 28.6 Å². The number of amides is 4. The minimum atomic E-state index is -0.874. The van der Waals surface area contributed by atoms with Gasteiger partial charge in [-0.2, -0.15) is 0 Å². The molecule has 0 radical (unpaired) electrons. The molecule has 3 aromatic rings. The van der Waals surface area contributed by atoms with E-state index in [-0.39, 0.29) is 22.9 Å². The molecule has 0 unspecified atom stereocenters. The van der Waals surface area contributed by atoms with Crippen molar-refractivity contribution in [2.24, 2.45) is 0 Å². The third-order valence-electron chi connectivity index (χ3n) is 5.45. The van der Waals surface area contributed by atoms with E-state index in [1.807, 2.05) is 0 Å². The third kappa shape index (κ3) is 5.88. The Hall–Kier alpha value is -3.72. The van der Waals surface area contributed by atoms with Gasteiger partial charge in [-0.05, 0) is 67.1 Å². The minimum absolute atomic E-state index is 0.189. The second kappa shape index (κ2) is 11.8. The van der Waals surface area contributed by atoms with Crippen LogP contribution in [-0.2, 0) is 16.2 Å². The van der Waals surface area contributed by atoms with Gasteiger partial charge in [0.1, 0.15) is 17.9 Å². The fourth-order valence-electron chi connectivity index (χ4n) is 3.68. The molecule has 0 atom stereocenters. The van der Waals surface area contributed by atoms with Crippen molar-refractivity contribution in [3.63, 3.8) is 0 Å². The summed E-state index contributed by atoms with van der Waals surface area (Å²) >= 11 is 18.4. The van der Waals surface area contributed by atoms with Gasteiger partial charge in [-0.15, -0.1) is 0 Å². The summed E-state index contributed by atoms with van der Waals surface area (Å²) in [6.45, 7) is 2.33. The van der Waals surface area contributed by atoms with Gasteiger partial charge >= 0.3 is 6.03 Å². The lowest BCUT2D eigenvalue weighted by molar-refractivity contribution is -0.122. The number of carbonyl (C=O) groups excluding carboxylic acids is 3. The van der Waals surface area contributed by atoms with Crippen LogP contribution in [-0.4, -0.2) is 31.6 Å². The van der Waals surface area contributed by atoms with Crippen LogP contribution in [0.5, 0.6) is 17.2 Å². The molecule has 0 spiro atoms. The molecule has 196 valence electrons. The molecule has 3 aromatic carbocycles. The summed E-state index contributed by atoms with van der Waals surface area (Å²) in [6, 6.07) is 13.6. The maximum atomic E-state index is 13.3. The van der Waals surface area contributed by atoms with Crippen molar-refractivity contribution in [1.29, 1.82) is 0 Å². The number of benzene rings is 3. The Labute approximate surface area is 233 Å². The fraction of sp³-hybridized carbons (Fsp3) is 0.148. The Bertz CT molecular complexity index is 1440.